The zero-order valence-electron chi connectivity index (χ0n) is 12.0. The number of nitrogens with two attached hydrogens (primary N) is 1. The highest BCUT2D eigenvalue weighted by Gasteiger charge is 2.31. The van der Waals surface area contributed by atoms with Gasteiger partial charge in [-0.3, -0.25) is 0 Å². The molecule has 0 bridgehead atoms. The van der Waals surface area contributed by atoms with Crippen molar-refractivity contribution in [3.05, 3.63) is 35.4 Å². The molecule has 0 unspecified atom stereocenters. The summed E-state index contributed by atoms with van der Waals surface area (Å²) in [5.41, 5.74) is 7.32. The molecule has 0 radical (unpaired) electrons. The molecule has 0 aliphatic carbocycles. The molecular weight excluding hydrogens is 276 g/mol. The summed E-state index contributed by atoms with van der Waals surface area (Å²) in [6, 6.07) is 7.41. The molecule has 0 aromatic heterocycles. The van der Waals surface area contributed by atoms with Gasteiger partial charge >= 0.3 is 0 Å². The van der Waals surface area contributed by atoms with Crippen LogP contribution < -0.4 is 5.73 Å². The average molecular weight is 298 g/mol. The van der Waals surface area contributed by atoms with Gasteiger partial charge in [-0.05, 0) is 25.0 Å². The third kappa shape index (κ3) is 3.58. The largest absolute Gasteiger partial charge is 0.373 e. The van der Waals surface area contributed by atoms with Crippen LogP contribution in [-0.4, -0.2) is 38.0 Å². The molecule has 1 heterocycles. The maximum atomic E-state index is 12.5. The van der Waals surface area contributed by atoms with E-state index in [9.17, 15) is 8.42 Å². The Hall–Kier alpha value is -0.950. The number of sulfonamides is 1. The lowest BCUT2D eigenvalue weighted by atomic mass is 10.1. The van der Waals surface area contributed by atoms with Crippen LogP contribution in [0.4, 0.5) is 0 Å². The van der Waals surface area contributed by atoms with E-state index in [0.717, 1.165) is 11.1 Å². The van der Waals surface area contributed by atoms with Crippen molar-refractivity contribution >= 4 is 10.0 Å². The van der Waals surface area contributed by atoms with E-state index in [1.807, 2.05) is 38.1 Å². The number of rotatable bonds is 4. The Morgan fingerprint density at radius 3 is 2.30 bits per heavy atom. The lowest BCUT2D eigenvalue weighted by Crippen LogP contribution is -2.48. The molecule has 112 valence electrons. The van der Waals surface area contributed by atoms with E-state index < -0.39 is 10.0 Å². The number of hydrogen-bond donors (Lipinski definition) is 1. The second-order valence-corrected chi connectivity index (χ2v) is 7.27. The van der Waals surface area contributed by atoms with Gasteiger partial charge in [-0.15, -0.1) is 0 Å². The Kier molecular flexibility index (Phi) is 4.80. The van der Waals surface area contributed by atoms with Crippen molar-refractivity contribution in [1.82, 2.24) is 4.31 Å². The number of hydrogen-bond acceptors (Lipinski definition) is 4. The van der Waals surface area contributed by atoms with Gasteiger partial charge in [0.2, 0.25) is 10.0 Å². The average Bonchev–Trinajstić information content (AvgIpc) is 2.38. The van der Waals surface area contributed by atoms with Crippen molar-refractivity contribution in [2.45, 2.75) is 38.4 Å². The highest BCUT2D eigenvalue weighted by Crippen LogP contribution is 2.19. The summed E-state index contributed by atoms with van der Waals surface area (Å²) in [6.45, 7) is 4.97. The van der Waals surface area contributed by atoms with Crippen molar-refractivity contribution in [1.29, 1.82) is 0 Å². The summed E-state index contributed by atoms with van der Waals surface area (Å²) in [7, 11) is -3.34. The van der Waals surface area contributed by atoms with Gasteiger partial charge in [0.25, 0.3) is 0 Å². The standard InChI is InChI=1S/C14H22N2O3S/c1-11-8-16(9-12(2)19-11)20(17,18)10-14-6-4-3-5-13(14)7-15/h3-6,11-12H,7-10,15H2,1-2H3/t11-,12+. The summed E-state index contributed by atoms with van der Waals surface area (Å²) in [5.74, 6) is -0.000185. The first kappa shape index (κ1) is 15.4. The molecule has 20 heavy (non-hydrogen) atoms. The third-order valence-corrected chi connectivity index (χ3v) is 5.22. The lowest BCUT2D eigenvalue weighted by molar-refractivity contribution is -0.0441. The predicted octanol–water partition coefficient (Wildman–Crippen LogP) is 1.08. The molecule has 1 saturated heterocycles. The molecule has 0 saturated carbocycles. The van der Waals surface area contributed by atoms with Crippen molar-refractivity contribution in [2.75, 3.05) is 13.1 Å². The Bertz CT molecular complexity index is 549. The van der Waals surface area contributed by atoms with Crippen LogP contribution in [-0.2, 0) is 27.1 Å². The van der Waals surface area contributed by atoms with Gasteiger partial charge in [0, 0.05) is 19.6 Å². The van der Waals surface area contributed by atoms with E-state index >= 15 is 0 Å². The molecule has 0 spiro atoms. The summed E-state index contributed by atoms with van der Waals surface area (Å²) in [4.78, 5) is 0. The molecule has 2 rings (SSSR count). The fraction of sp³-hybridized carbons (Fsp3) is 0.571. The number of morpholine rings is 1. The normalized spacial score (nSPS) is 24.8. The third-order valence-electron chi connectivity index (χ3n) is 3.46. The van der Waals surface area contributed by atoms with Crippen LogP contribution in [0.15, 0.2) is 24.3 Å². The van der Waals surface area contributed by atoms with E-state index in [1.165, 1.54) is 4.31 Å². The second-order valence-electron chi connectivity index (χ2n) is 5.30. The second kappa shape index (κ2) is 6.22. The summed E-state index contributed by atoms with van der Waals surface area (Å²) in [6.07, 6.45) is -0.142. The molecule has 1 aromatic carbocycles. The summed E-state index contributed by atoms with van der Waals surface area (Å²) < 4.78 is 32.2. The topological polar surface area (TPSA) is 72.6 Å². The summed E-state index contributed by atoms with van der Waals surface area (Å²) in [5, 5.41) is 0. The number of benzene rings is 1. The molecule has 5 nitrogen and oxygen atoms in total. The van der Waals surface area contributed by atoms with Crippen LogP contribution in [0.2, 0.25) is 0 Å². The number of ether oxygens (including phenoxy) is 1. The van der Waals surface area contributed by atoms with Crippen LogP contribution in [0.5, 0.6) is 0 Å². The van der Waals surface area contributed by atoms with Gasteiger partial charge in [0.05, 0.1) is 18.0 Å². The minimum atomic E-state index is -3.34. The predicted molar refractivity (Wildman–Crippen MR) is 78.5 cm³/mol. The van der Waals surface area contributed by atoms with E-state index in [-0.39, 0.29) is 18.0 Å². The monoisotopic (exact) mass is 298 g/mol. The number of nitrogens with zero attached hydrogens (tertiary/aromatic N) is 1. The smallest absolute Gasteiger partial charge is 0.218 e. The maximum absolute atomic E-state index is 12.5. The Morgan fingerprint density at radius 2 is 1.75 bits per heavy atom. The molecule has 1 aliphatic heterocycles. The minimum absolute atomic E-state index is 0.000185. The molecule has 2 N–H and O–H groups in total. The molecule has 2 atom stereocenters. The minimum Gasteiger partial charge on any atom is -0.373 e. The zero-order valence-corrected chi connectivity index (χ0v) is 12.8. The van der Waals surface area contributed by atoms with Crippen molar-refractivity contribution in [2.24, 2.45) is 5.73 Å². The molecule has 1 fully saturated rings. The Balaban J connectivity index is 2.18. The molecule has 1 aliphatic rings. The fourth-order valence-electron chi connectivity index (χ4n) is 2.54. The Labute approximate surface area is 120 Å². The highest BCUT2D eigenvalue weighted by atomic mass is 32.2. The zero-order chi connectivity index (χ0) is 14.8. The fourth-order valence-corrected chi connectivity index (χ4v) is 4.27. The quantitative estimate of drug-likeness (QED) is 0.903. The van der Waals surface area contributed by atoms with Gasteiger partial charge in [-0.2, -0.15) is 4.31 Å². The molecular formula is C14H22N2O3S. The van der Waals surface area contributed by atoms with E-state index in [2.05, 4.69) is 0 Å². The molecule has 0 amide bonds. The van der Waals surface area contributed by atoms with Crippen LogP contribution in [0.1, 0.15) is 25.0 Å². The SMILES string of the molecule is C[C@@H]1CN(S(=O)(=O)Cc2ccccc2CN)C[C@H](C)O1. The van der Waals surface area contributed by atoms with E-state index in [1.54, 1.807) is 0 Å². The van der Waals surface area contributed by atoms with Gasteiger partial charge in [-0.25, -0.2) is 8.42 Å². The lowest BCUT2D eigenvalue weighted by Gasteiger charge is -2.34. The van der Waals surface area contributed by atoms with Crippen LogP contribution in [0.3, 0.4) is 0 Å². The van der Waals surface area contributed by atoms with Crippen LogP contribution >= 0.6 is 0 Å². The van der Waals surface area contributed by atoms with Crippen molar-refractivity contribution in [3.8, 4) is 0 Å². The molecule has 6 heteroatoms. The summed E-state index contributed by atoms with van der Waals surface area (Å²) >= 11 is 0. The van der Waals surface area contributed by atoms with Gasteiger partial charge in [-0.1, -0.05) is 24.3 Å². The van der Waals surface area contributed by atoms with Crippen LogP contribution in [0.25, 0.3) is 0 Å². The maximum Gasteiger partial charge on any atom is 0.218 e. The van der Waals surface area contributed by atoms with Crippen molar-refractivity contribution < 1.29 is 13.2 Å². The van der Waals surface area contributed by atoms with E-state index in [0.29, 0.717) is 19.6 Å². The van der Waals surface area contributed by atoms with Gasteiger partial charge in [0.15, 0.2) is 0 Å². The highest BCUT2D eigenvalue weighted by molar-refractivity contribution is 7.88. The molecule has 1 aromatic rings. The van der Waals surface area contributed by atoms with Gasteiger partial charge < -0.3 is 10.5 Å². The first-order valence-corrected chi connectivity index (χ1v) is 8.43. The van der Waals surface area contributed by atoms with Crippen molar-refractivity contribution in [3.63, 3.8) is 0 Å². The van der Waals surface area contributed by atoms with Crippen LogP contribution in [0, 0.1) is 0 Å². The first-order chi connectivity index (χ1) is 9.42. The first-order valence-electron chi connectivity index (χ1n) is 6.82. The van der Waals surface area contributed by atoms with E-state index in [4.69, 9.17) is 10.5 Å². The van der Waals surface area contributed by atoms with Gasteiger partial charge in [0.1, 0.15) is 0 Å². The Morgan fingerprint density at radius 1 is 1.20 bits per heavy atom.